The molecule has 2 saturated heterocycles. The molecule has 0 aliphatic carbocycles. The smallest absolute Gasteiger partial charge is 0.272 e. The van der Waals surface area contributed by atoms with Gasteiger partial charge in [-0.15, -0.1) is 0 Å². The molecule has 0 bridgehead atoms. The maximum Gasteiger partial charge on any atom is 0.272 e. The minimum Gasteiger partial charge on any atom is -0.361 e. The fraction of sp³-hybridized carbons (Fsp3) is 0.476. The minimum atomic E-state index is -0.510. The van der Waals surface area contributed by atoms with E-state index in [9.17, 15) is 9.59 Å². The Balaban J connectivity index is 1.50. The number of aryl methyl sites for hydroxylation is 2. The molecule has 28 heavy (non-hydrogen) atoms. The van der Waals surface area contributed by atoms with E-state index < -0.39 is 5.60 Å². The van der Waals surface area contributed by atoms with E-state index in [1.807, 2.05) is 48.3 Å². The first-order valence-electron chi connectivity index (χ1n) is 9.83. The van der Waals surface area contributed by atoms with Crippen molar-refractivity contribution in [2.75, 3.05) is 31.1 Å². The largest absolute Gasteiger partial charge is 0.361 e. The number of hydrogen-bond donors (Lipinski definition) is 0. The molecule has 4 rings (SSSR count). The molecule has 0 radical (unpaired) electrons. The molecule has 0 saturated carbocycles. The Hall–Kier alpha value is -2.67. The third-order valence-corrected chi connectivity index (χ3v) is 5.58. The van der Waals surface area contributed by atoms with Crippen molar-refractivity contribution >= 4 is 17.5 Å². The number of likely N-dealkylation sites (tertiary alicyclic amines) is 1. The summed E-state index contributed by atoms with van der Waals surface area (Å²) in [6, 6.07) is 11.5. The predicted molar refractivity (Wildman–Crippen MR) is 105 cm³/mol. The van der Waals surface area contributed by atoms with Gasteiger partial charge in [-0.1, -0.05) is 31.5 Å². The maximum absolute atomic E-state index is 13.1. The van der Waals surface area contributed by atoms with Crippen LogP contribution in [0.4, 0.5) is 5.69 Å². The van der Waals surface area contributed by atoms with E-state index in [4.69, 9.17) is 4.74 Å². The Morgan fingerprint density at radius 2 is 2.04 bits per heavy atom. The van der Waals surface area contributed by atoms with Gasteiger partial charge in [0.1, 0.15) is 17.9 Å². The number of hydrogen-bond acceptors (Lipinski definition) is 4. The summed E-state index contributed by atoms with van der Waals surface area (Å²) < 4.78 is 7.64. The summed E-state index contributed by atoms with van der Waals surface area (Å²) in [5.41, 5.74) is 1.91. The number of benzene rings is 1. The molecular weight excluding hydrogens is 356 g/mol. The summed E-state index contributed by atoms with van der Waals surface area (Å²) in [5.74, 6) is -0.0709. The summed E-state index contributed by atoms with van der Waals surface area (Å²) in [5, 5.41) is 4.44. The quantitative estimate of drug-likeness (QED) is 0.811. The van der Waals surface area contributed by atoms with Crippen LogP contribution in [0.25, 0.3) is 0 Å². The van der Waals surface area contributed by atoms with Gasteiger partial charge in [0.2, 0.25) is 0 Å². The molecular formula is C21H26N4O3. The number of carbonyl (C=O) groups excluding carboxylic acids is 2. The van der Waals surface area contributed by atoms with E-state index in [2.05, 4.69) is 12.0 Å². The molecule has 3 heterocycles. The summed E-state index contributed by atoms with van der Waals surface area (Å²) >= 11 is 0. The van der Waals surface area contributed by atoms with Crippen LogP contribution in [0.5, 0.6) is 0 Å². The Kier molecular flexibility index (Phi) is 4.93. The summed E-state index contributed by atoms with van der Waals surface area (Å²) in [7, 11) is 1.81. The van der Waals surface area contributed by atoms with Crippen molar-refractivity contribution in [3.8, 4) is 0 Å². The third-order valence-electron chi connectivity index (χ3n) is 5.58. The van der Waals surface area contributed by atoms with Gasteiger partial charge >= 0.3 is 0 Å². The van der Waals surface area contributed by atoms with Gasteiger partial charge in [-0.2, -0.15) is 5.10 Å². The van der Waals surface area contributed by atoms with E-state index in [0.29, 0.717) is 25.3 Å². The number of ether oxygens (including phenoxy) is 1. The Bertz CT molecular complexity index is 879. The number of morpholine rings is 1. The molecule has 1 aromatic carbocycles. The molecule has 1 unspecified atom stereocenters. The zero-order valence-corrected chi connectivity index (χ0v) is 16.4. The lowest BCUT2D eigenvalue weighted by molar-refractivity contribution is -0.137. The van der Waals surface area contributed by atoms with Crippen molar-refractivity contribution in [1.29, 1.82) is 0 Å². The predicted octanol–water partition coefficient (Wildman–Crippen LogP) is 2.02. The molecule has 148 valence electrons. The number of para-hydroxylation sites is 1. The molecule has 1 atom stereocenters. The van der Waals surface area contributed by atoms with Gasteiger partial charge in [-0.05, 0) is 31.0 Å². The van der Waals surface area contributed by atoms with Crippen LogP contribution in [-0.4, -0.2) is 58.3 Å². The molecule has 0 N–H and O–H groups in total. The monoisotopic (exact) mass is 382 g/mol. The van der Waals surface area contributed by atoms with Crippen molar-refractivity contribution in [3.05, 3.63) is 47.8 Å². The molecule has 2 aliphatic heterocycles. The zero-order valence-electron chi connectivity index (χ0n) is 16.4. The van der Waals surface area contributed by atoms with E-state index >= 15 is 0 Å². The molecule has 7 heteroatoms. The number of rotatable bonds is 4. The van der Waals surface area contributed by atoms with Gasteiger partial charge in [0.25, 0.3) is 11.8 Å². The fourth-order valence-corrected chi connectivity index (χ4v) is 4.09. The number of nitrogens with zero attached hydrogens (tertiary/aromatic N) is 4. The van der Waals surface area contributed by atoms with Crippen molar-refractivity contribution in [2.24, 2.45) is 7.05 Å². The van der Waals surface area contributed by atoms with E-state index in [1.54, 1.807) is 9.58 Å². The van der Waals surface area contributed by atoms with Crippen molar-refractivity contribution in [2.45, 2.75) is 31.8 Å². The topological polar surface area (TPSA) is 67.7 Å². The summed E-state index contributed by atoms with van der Waals surface area (Å²) in [4.78, 5) is 29.0. The molecule has 1 spiro atoms. The van der Waals surface area contributed by atoms with E-state index in [1.165, 1.54) is 0 Å². The van der Waals surface area contributed by atoms with Crippen molar-refractivity contribution in [3.63, 3.8) is 0 Å². The van der Waals surface area contributed by atoms with Crippen LogP contribution in [0.15, 0.2) is 36.4 Å². The van der Waals surface area contributed by atoms with Crippen LogP contribution in [0.1, 0.15) is 35.9 Å². The van der Waals surface area contributed by atoms with Gasteiger partial charge in [-0.25, -0.2) is 0 Å². The zero-order chi connectivity index (χ0) is 19.7. The highest BCUT2D eigenvalue weighted by molar-refractivity contribution is 5.95. The number of aromatic nitrogens is 2. The van der Waals surface area contributed by atoms with Crippen LogP contribution in [0, 0.1) is 0 Å². The van der Waals surface area contributed by atoms with Gasteiger partial charge in [-0.3, -0.25) is 14.3 Å². The number of carbonyl (C=O) groups is 2. The van der Waals surface area contributed by atoms with E-state index in [0.717, 1.165) is 30.6 Å². The minimum absolute atomic E-state index is 0.0269. The average molecular weight is 382 g/mol. The van der Waals surface area contributed by atoms with Crippen LogP contribution in [-0.2, 0) is 23.0 Å². The highest BCUT2D eigenvalue weighted by Gasteiger charge is 2.47. The van der Waals surface area contributed by atoms with Crippen molar-refractivity contribution < 1.29 is 14.3 Å². The van der Waals surface area contributed by atoms with Gasteiger partial charge in [0.05, 0.1) is 18.8 Å². The lowest BCUT2D eigenvalue weighted by Gasteiger charge is -2.40. The lowest BCUT2D eigenvalue weighted by atomic mass is 10.00. The van der Waals surface area contributed by atoms with Crippen LogP contribution >= 0.6 is 0 Å². The lowest BCUT2D eigenvalue weighted by Crippen LogP contribution is -2.56. The van der Waals surface area contributed by atoms with Gasteiger partial charge in [0.15, 0.2) is 0 Å². The third kappa shape index (κ3) is 3.42. The second-order valence-electron chi connectivity index (χ2n) is 7.66. The van der Waals surface area contributed by atoms with Crippen LogP contribution < -0.4 is 4.90 Å². The first-order chi connectivity index (χ1) is 13.5. The molecule has 2 fully saturated rings. The molecule has 7 nitrogen and oxygen atoms in total. The number of anilines is 1. The van der Waals surface area contributed by atoms with Crippen LogP contribution in [0.3, 0.4) is 0 Å². The molecule has 2 aromatic rings. The highest BCUT2D eigenvalue weighted by Crippen LogP contribution is 2.32. The first kappa shape index (κ1) is 18.7. The number of amides is 2. The van der Waals surface area contributed by atoms with Crippen molar-refractivity contribution in [1.82, 2.24) is 14.7 Å². The summed E-state index contributed by atoms with van der Waals surface area (Å²) in [6.45, 7) is 3.71. The van der Waals surface area contributed by atoms with Crippen LogP contribution in [0.2, 0.25) is 0 Å². The maximum atomic E-state index is 13.1. The Morgan fingerprint density at radius 3 is 2.79 bits per heavy atom. The Morgan fingerprint density at radius 1 is 1.25 bits per heavy atom. The van der Waals surface area contributed by atoms with E-state index in [-0.39, 0.29) is 18.4 Å². The normalized spacial score (nSPS) is 22.3. The molecule has 2 amide bonds. The standard InChI is InChI=1S/C21H26N4O3/c1-3-7-16-12-18(23(2)22-16)20(27)24-11-10-21(14-24)15-25(19(26)13-28-21)17-8-5-4-6-9-17/h4-6,8-9,12H,3,7,10-11,13-15H2,1-2H3. The second kappa shape index (κ2) is 7.39. The van der Waals surface area contributed by atoms with Gasteiger partial charge < -0.3 is 14.5 Å². The Labute approximate surface area is 164 Å². The fourth-order valence-electron chi connectivity index (χ4n) is 4.09. The first-order valence-corrected chi connectivity index (χ1v) is 9.83. The molecule has 1 aromatic heterocycles. The van der Waals surface area contributed by atoms with Gasteiger partial charge in [0, 0.05) is 19.3 Å². The molecule has 2 aliphatic rings. The second-order valence-corrected chi connectivity index (χ2v) is 7.66. The highest BCUT2D eigenvalue weighted by atomic mass is 16.5. The SMILES string of the molecule is CCCc1cc(C(=O)N2CCC3(C2)CN(c2ccccc2)C(=O)CO3)n(C)n1. The average Bonchev–Trinajstić information content (AvgIpc) is 3.28. The summed E-state index contributed by atoms with van der Waals surface area (Å²) in [6.07, 6.45) is 2.58.